The lowest BCUT2D eigenvalue weighted by Crippen LogP contribution is -2.20. The molecule has 2 unspecified atom stereocenters. The van der Waals surface area contributed by atoms with E-state index in [0.29, 0.717) is 0 Å². The minimum Gasteiger partial charge on any atom is -0.253 e. The van der Waals surface area contributed by atoms with Crippen LogP contribution in [0.2, 0.25) is 0 Å². The van der Waals surface area contributed by atoms with Gasteiger partial charge in [0.25, 0.3) is 0 Å². The average Bonchev–Trinajstić information content (AvgIpc) is 2.26. The van der Waals surface area contributed by atoms with E-state index in [-0.39, 0.29) is 10.7 Å². The normalized spacial score (nSPS) is 27.9. The van der Waals surface area contributed by atoms with Gasteiger partial charge in [-0.05, 0) is 22.8 Å². The summed E-state index contributed by atoms with van der Waals surface area (Å²) in [5, 5.41) is -0.0401. The first kappa shape index (κ1) is 12.1. The van der Waals surface area contributed by atoms with E-state index in [1.807, 2.05) is 6.92 Å². The van der Waals surface area contributed by atoms with Crippen LogP contribution in [0.4, 0.5) is 0 Å². The molecule has 82 valence electrons. The van der Waals surface area contributed by atoms with Gasteiger partial charge in [-0.25, -0.2) is 4.21 Å². The SMILES string of the molecule is CC1=C(C(C)(C)C)SCC1S(C)(=N)=O. The Morgan fingerprint density at radius 1 is 1.50 bits per heavy atom. The lowest BCUT2D eigenvalue weighted by Gasteiger charge is -2.21. The van der Waals surface area contributed by atoms with Crippen molar-refractivity contribution < 1.29 is 4.21 Å². The molecule has 0 bridgehead atoms. The van der Waals surface area contributed by atoms with Crippen LogP contribution in [0.5, 0.6) is 0 Å². The smallest absolute Gasteiger partial charge is 0.0736 e. The summed E-state index contributed by atoms with van der Waals surface area (Å²) in [4.78, 5) is 1.32. The fraction of sp³-hybridized carbons (Fsp3) is 0.800. The predicted molar refractivity (Wildman–Crippen MR) is 65.2 cm³/mol. The Morgan fingerprint density at radius 2 is 2.00 bits per heavy atom. The second-order valence-corrected chi connectivity index (χ2v) is 8.37. The number of hydrogen-bond donors (Lipinski definition) is 1. The summed E-state index contributed by atoms with van der Waals surface area (Å²) in [6, 6.07) is 0. The van der Waals surface area contributed by atoms with E-state index in [4.69, 9.17) is 4.78 Å². The zero-order valence-electron chi connectivity index (χ0n) is 9.51. The van der Waals surface area contributed by atoms with Crippen molar-refractivity contribution >= 4 is 21.5 Å². The molecular formula is C10H19NOS2. The van der Waals surface area contributed by atoms with E-state index in [9.17, 15) is 4.21 Å². The van der Waals surface area contributed by atoms with Crippen LogP contribution >= 0.6 is 11.8 Å². The zero-order valence-corrected chi connectivity index (χ0v) is 11.1. The fourth-order valence-electron chi connectivity index (χ4n) is 1.82. The lowest BCUT2D eigenvalue weighted by molar-refractivity contribution is 0.529. The summed E-state index contributed by atoms with van der Waals surface area (Å²) in [6.07, 6.45) is 1.55. The van der Waals surface area contributed by atoms with Crippen molar-refractivity contribution in [3.8, 4) is 0 Å². The maximum absolute atomic E-state index is 11.7. The summed E-state index contributed by atoms with van der Waals surface area (Å²) in [5.74, 6) is 0.817. The molecule has 0 saturated heterocycles. The van der Waals surface area contributed by atoms with Crippen molar-refractivity contribution in [1.29, 1.82) is 4.78 Å². The number of thioether (sulfide) groups is 1. The molecule has 1 rings (SSSR count). The topological polar surface area (TPSA) is 40.9 Å². The molecule has 0 aliphatic carbocycles. The van der Waals surface area contributed by atoms with Gasteiger partial charge < -0.3 is 0 Å². The van der Waals surface area contributed by atoms with Crippen LogP contribution in [0.1, 0.15) is 27.7 Å². The number of allylic oxidation sites excluding steroid dienone is 1. The number of rotatable bonds is 1. The number of hydrogen-bond acceptors (Lipinski definition) is 3. The van der Waals surface area contributed by atoms with Gasteiger partial charge in [0.2, 0.25) is 0 Å². The minimum atomic E-state index is -2.42. The molecule has 2 nitrogen and oxygen atoms in total. The molecule has 0 aromatic carbocycles. The molecule has 1 aliphatic rings. The molecule has 0 aromatic rings. The van der Waals surface area contributed by atoms with Gasteiger partial charge in [0, 0.05) is 21.7 Å². The third-order valence-electron chi connectivity index (χ3n) is 2.44. The summed E-state index contributed by atoms with van der Waals surface area (Å²) < 4.78 is 19.3. The molecule has 0 fully saturated rings. The second-order valence-electron chi connectivity index (χ2n) is 4.97. The highest BCUT2D eigenvalue weighted by molar-refractivity contribution is 8.05. The van der Waals surface area contributed by atoms with Crippen LogP contribution in [0.15, 0.2) is 10.5 Å². The molecule has 0 amide bonds. The van der Waals surface area contributed by atoms with Gasteiger partial charge in [-0.1, -0.05) is 20.8 Å². The molecule has 0 saturated carbocycles. The van der Waals surface area contributed by atoms with Gasteiger partial charge in [-0.3, -0.25) is 4.78 Å². The Kier molecular flexibility index (Phi) is 3.08. The Balaban J connectivity index is 3.10. The van der Waals surface area contributed by atoms with Crippen molar-refractivity contribution in [3.63, 3.8) is 0 Å². The van der Waals surface area contributed by atoms with Gasteiger partial charge in [-0.2, -0.15) is 0 Å². The summed E-state index contributed by atoms with van der Waals surface area (Å²) in [5.41, 5.74) is 1.30. The van der Waals surface area contributed by atoms with Gasteiger partial charge >= 0.3 is 0 Å². The molecule has 0 spiro atoms. The van der Waals surface area contributed by atoms with Crippen molar-refractivity contribution in [3.05, 3.63) is 10.5 Å². The minimum absolute atomic E-state index is 0.0401. The lowest BCUT2D eigenvalue weighted by atomic mass is 9.93. The monoisotopic (exact) mass is 233 g/mol. The van der Waals surface area contributed by atoms with Gasteiger partial charge in [-0.15, -0.1) is 11.8 Å². The largest absolute Gasteiger partial charge is 0.253 e. The maximum Gasteiger partial charge on any atom is 0.0736 e. The Hall–Kier alpha value is 0.0400. The molecule has 14 heavy (non-hydrogen) atoms. The van der Waals surface area contributed by atoms with Crippen LogP contribution < -0.4 is 0 Å². The van der Waals surface area contributed by atoms with E-state index >= 15 is 0 Å². The van der Waals surface area contributed by atoms with Crippen molar-refractivity contribution in [2.45, 2.75) is 32.9 Å². The highest BCUT2D eigenvalue weighted by Gasteiger charge is 2.33. The van der Waals surface area contributed by atoms with E-state index < -0.39 is 9.73 Å². The predicted octanol–water partition coefficient (Wildman–Crippen LogP) is 3.10. The van der Waals surface area contributed by atoms with Crippen LogP contribution in [0.25, 0.3) is 0 Å². The highest BCUT2D eigenvalue weighted by Crippen LogP contribution is 2.44. The third-order valence-corrected chi connectivity index (χ3v) is 5.98. The first-order chi connectivity index (χ1) is 6.14. The van der Waals surface area contributed by atoms with E-state index in [1.54, 1.807) is 18.0 Å². The van der Waals surface area contributed by atoms with Crippen molar-refractivity contribution in [2.24, 2.45) is 5.41 Å². The Bertz CT molecular complexity index is 360. The molecule has 0 radical (unpaired) electrons. The van der Waals surface area contributed by atoms with Crippen molar-refractivity contribution in [1.82, 2.24) is 0 Å². The maximum atomic E-state index is 11.7. The Morgan fingerprint density at radius 3 is 2.21 bits per heavy atom. The second kappa shape index (κ2) is 3.56. The van der Waals surface area contributed by atoms with Crippen LogP contribution in [-0.2, 0) is 9.73 Å². The first-order valence-corrected chi connectivity index (χ1v) is 7.72. The van der Waals surface area contributed by atoms with Gasteiger partial charge in [0.1, 0.15) is 0 Å². The van der Waals surface area contributed by atoms with Crippen molar-refractivity contribution in [2.75, 3.05) is 12.0 Å². The fourth-order valence-corrected chi connectivity index (χ4v) is 5.30. The molecular weight excluding hydrogens is 214 g/mol. The average molecular weight is 233 g/mol. The van der Waals surface area contributed by atoms with Crippen LogP contribution in [0.3, 0.4) is 0 Å². The highest BCUT2D eigenvalue weighted by atomic mass is 32.2. The van der Waals surface area contributed by atoms with Gasteiger partial charge in [0.05, 0.1) is 5.25 Å². The van der Waals surface area contributed by atoms with E-state index in [0.717, 1.165) is 5.75 Å². The summed E-state index contributed by atoms with van der Waals surface area (Å²) in [6.45, 7) is 8.54. The molecule has 1 N–H and O–H groups in total. The molecule has 2 atom stereocenters. The number of nitrogens with one attached hydrogen (secondary N) is 1. The zero-order chi connectivity index (χ0) is 11.1. The quantitative estimate of drug-likeness (QED) is 0.756. The third kappa shape index (κ3) is 2.34. The summed E-state index contributed by atoms with van der Waals surface area (Å²) in [7, 11) is -2.42. The van der Waals surface area contributed by atoms with Gasteiger partial charge in [0.15, 0.2) is 0 Å². The molecule has 4 heteroatoms. The molecule has 0 aromatic heterocycles. The Labute approximate surface area is 91.5 Å². The van der Waals surface area contributed by atoms with E-state index in [1.165, 1.54) is 10.5 Å². The van der Waals surface area contributed by atoms with Crippen LogP contribution in [-0.4, -0.2) is 21.5 Å². The molecule has 1 heterocycles. The standard InChI is InChI=1S/C10H19NOS2/c1-7-8(14(5,11)12)6-13-9(7)10(2,3)4/h8,11H,6H2,1-5H3. The van der Waals surface area contributed by atoms with Crippen LogP contribution in [0, 0.1) is 10.2 Å². The van der Waals surface area contributed by atoms with E-state index in [2.05, 4.69) is 20.8 Å². The first-order valence-electron chi connectivity index (χ1n) is 4.70. The summed E-state index contributed by atoms with van der Waals surface area (Å²) >= 11 is 1.77. The molecule has 1 aliphatic heterocycles.